The highest BCUT2D eigenvalue weighted by Crippen LogP contribution is 2.31. The van der Waals surface area contributed by atoms with Crippen molar-refractivity contribution in [3.05, 3.63) is 60.1 Å². The van der Waals surface area contributed by atoms with Gasteiger partial charge in [-0.2, -0.15) is 0 Å². The Balaban J connectivity index is 1.76. The third kappa shape index (κ3) is 4.90. The number of para-hydroxylation sites is 1. The molecule has 0 aliphatic rings. The molecule has 1 amide bonds. The number of ether oxygens (including phenoxy) is 1. The summed E-state index contributed by atoms with van der Waals surface area (Å²) in [5.74, 6) is 0.985. The normalized spacial score (nSPS) is 10.6. The topological polar surface area (TPSA) is 89.3 Å². The quantitative estimate of drug-likeness (QED) is 0.410. The average Bonchev–Trinajstić information content (AvgIpc) is 3.10. The lowest BCUT2D eigenvalue weighted by Crippen LogP contribution is -2.15. The number of aromatic nitrogens is 3. The first kappa shape index (κ1) is 20.8. The fourth-order valence-corrected chi connectivity index (χ4v) is 3.57. The molecule has 0 aliphatic carbocycles. The van der Waals surface area contributed by atoms with Crippen LogP contribution in [-0.2, 0) is 11.3 Å². The molecule has 0 fully saturated rings. The van der Waals surface area contributed by atoms with Crippen molar-refractivity contribution < 1.29 is 14.6 Å². The number of carbonyl (C=O) groups is 1. The number of phenolic OH excluding ortho intramolecular Hbond substituents is 1. The highest BCUT2D eigenvalue weighted by molar-refractivity contribution is 7.99. The van der Waals surface area contributed by atoms with Crippen molar-refractivity contribution >= 4 is 35.0 Å². The molecule has 3 rings (SSSR count). The van der Waals surface area contributed by atoms with Gasteiger partial charge in [-0.3, -0.25) is 9.36 Å². The number of phenols is 1. The average molecular weight is 431 g/mol. The van der Waals surface area contributed by atoms with Crippen LogP contribution in [0.3, 0.4) is 0 Å². The van der Waals surface area contributed by atoms with E-state index in [4.69, 9.17) is 16.3 Å². The van der Waals surface area contributed by atoms with Crippen LogP contribution in [0.1, 0.15) is 0 Å². The van der Waals surface area contributed by atoms with Gasteiger partial charge in [0.2, 0.25) is 5.91 Å². The van der Waals surface area contributed by atoms with E-state index in [0.717, 1.165) is 0 Å². The van der Waals surface area contributed by atoms with E-state index in [2.05, 4.69) is 22.1 Å². The molecule has 0 aliphatic heterocycles. The number of anilines is 1. The summed E-state index contributed by atoms with van der Waals surface area (Å²) in [5, 5.41) is 22.3. The van der Waals surface area contributed by atoms with Gasteiger partial charge in [0.25, 0.3) is 0 Å². The first-order chi connectivity index (χ1) is 14.0. The summed E-state index contributed by atoms with van der Waals surface area (Å²) in [6, 6.07) is 11.9. The molecule has 0 bridgehead atoms. The predicted octanol–water partition coefficient (Wildman–Crippen LogP) is 4.23. The third-order valence-corrected chi connectivity index (χ3v) is 5.14. The molecule has 0 saturated heterocycles. The van der Waals surface area contributed by atoms with E-state index in [9.17, 15) is 9.90 Å². The molecule has 7 nitrogen and oxygen atoms in total. The number of hydrogen-bond acceptors (Lipinski definition) is 6. The van der Waals surface area contributed by atoms with Gasteiger partial charge in [-0.1, -0.05) is 41.6 Å². The summed E-state index contributed by atoms with van der Waals surface area (Å²) in [7, 11) is 1.52. The van der Waals surface area contributed by atoms with Gasteiger partial charge >= 0.3 is 0 Å². The fourth-order valence-electron chi connectivity index (χ4n) is 2.65. The van der Waals surface area contributed by atoms with Gasteiger partial charge in [-0.25, -0.2) is 0 Å². The van der Waals surface area contributed by atoms with Crippen molar-refractivity contribution in [3.8, 4) is 22.9 Å². The first-order valence-electron chi connectivity index (χ1n) is 8.62. The molecule has 1 aromatic heterocycles. The molecule has 150 valence electrons. The molecule has 3 aromatic rings. The number of nitrogens with one attached hydrogen (secondary N) is 1. The summed E-state index contributed by atoms with van der Waals surface area (Å²) < 4.78 is 7.03. The number of methoxy groups -OCH3 is 1. The molecule has 2 N–H and O–H groups in total. The van der Waals surface area contributed by atoms with Gasteiger partial charge in [-0.15, -0.1) is 16.8 Å². The minimum absolute atomic E-state index is 0.103. The van der Waals surface area contributed by atoms with Crippen LogP contribution in [0.5, 0.6) is 11.5 Å². The zero-order valence-electron chi connectivity index (χ0n) is 15.6. The van der Waals surface area contributed by atoms with Crippen molar-refractivity contribution in [3.63, 3.8) is 0 Å². The van der Waals surface area contributed by atoms with Crippen molar-refractivity contribution in [1.82, 2.24) is 14.8 Å². The monoisotopic (exact) mass is 430 g/mol. The molecule has 2 aromatic carbocycles. The van der Waals surface area contributed by atoms with Gasteiger partial charge < -0.3 is 15.2 Å². The van der Waals surface area contributed by atoms with Crippen LogP contribution in [-0.4, -0.2) is 38.6 Å². The Morgan fingerprint density at radius 1 is 1.34 bits per heavy atom. The SMILES string of the molecule is C=CCn1c(SCC(=O)Nc2cc(Cl)ccc2OC)nnc1-c1ccccc1O. The summed E-state index contributed by atoms with van der Waals surface area (Å²) in [5.41, 5.74) is 1.05. The van der Waals surface area contributed by atoms with Gasteiger partial charge in [0.15, 0.2) is 11.0 Å². The number of rotatable bonds is 8. The van der Waals surface area contributed by atoms with E-state index in [1.807, 2.05) is 0 Å². The van der Waals surface area contributed by atoms with Crippen LogP contribution in [0.15, 0.2) is 60.3 Å². The van der Waals surface area contributed by atoms with Gasteiger partial charge in [0.05, 0.1) is 24.1 Å². The molecule has 0 spiro atoms. The number of halogens is 1. The second-order valence-corrected chi connectivity index (χ2v) is 7.28. The van der Waals surface area contributed by atoms with E-state index in [-0.39, 0.29) is 17.4 Å². The maximum absolute atomic E-state index is 12.4. The maximum Gasteiger partial charge on any atom is 0.234 e. The van der Waals surface area contributed by atoms with Crippen molar-refractivity contribution in [2.75, 3.05) is 18.2 Å². The number of allylic oxidation sites excluding steroid dienone is 1. The number of aromatic hydroxyl groups is 1. The Kier molecular flexibility index (Phi) is 6.79. The lowest BCUT2D eigenvalue weighted by atomic mass is 10.2. The summed E-state index contributed by atoms with van der Waals surface area (Å²) in [6.45, 7) is 4.19. The van der Waals surface area contributed by atoms with Gasteiger partial charge in [0, 0.05) is 11.6 Å². The lowest BCUT2D eigenvalue weighted by Gasteiger charge is -2.11. The van der Waals surface area contributed by atoms with E-state index < -0.39 is 0 Å². The Morgan fingerprint density at radius 2 is 2.14 bits per heavy atom. The maximum atomic E-state index is 12.4. The van der Waals surface area contributed by atoms with E-state index in [1.165, 1.54) is 18.9 Å². The van der Waals surface area contributed by atoms with Gasteiger partial charge in [-0.05, 0) is 30.3 Å². The molecule has 29 heavy (non-hydrogen) atoms. The van der Waals surface area contributed by atoms with E-state index in [0.29, 0.717) is 39.5 Å². The number of hydrogen-bond donors (Lipinski definition) is 2. The highest BCUT2D eigenvalue weighted by Gasteiger charge is 2.17. The van der Waals surface area contributed by atoms with Crippen molar-refractivity contribution in [2.45, 2.75) is 11.7 Å². The number of nitrogens with zero attached hydrogens (tertiary/aromatic N) is 3. The standard InChI is InChI=1S/C20H19ClN4O3S/c1-3-10-25-19(14-6-4-5-7-16(14)26)23-24-20(25)29-12-18(27)22-15-11-13(21)8-9-17(15)28-2/h3-9,11,26H,1,10,12H2,2H3,(H,22,27). The van der Waals surface area contributed by atoms with Crippen LogP contribution >= 0.6 is 23.4 Å². The molecule has 0 saturated carbocycles. The minimum atomic E-state index is -0.243. The molecule has 0 unspecified atom stereocenters. The minimum Gasteiger partial charge on any atom is -0.507 e. The summed E-state index contributed by atoms with van der Waals surface area (Å²) in [4.78, 5) is 12.4. The lowest BCUT2D eigenvalue weighted by molar-refractivity contribution is -0.113. The second kappa shape index (κ2) is 9.49. The number of amides is 1. The van der Waals surface area contributed by atoms with Crippen LogP contribution in [0.2, 0.25) is 5.02 Å². The van der Waals surface area contributed by atoms with Crippen LogP contribution in [0, 0.1) is 0 Å². The predicted molar refractivity (Wildman–Crippen MR) is 115 cm³/mol. The second-order valence-electron chi connectivity index (χ2n) is 5.90. The Bertz CT molecular complexity index is 1040. The van der Waals surface area contributed by atoms with Crippen molar-refractivity contribution in [1.29, 1.82) is 0 Å². The molecule has 0 radical (unpaired) electrons. The smallest absolute Gasteiger partial charge is 0.234 e. The number of benzene rings is 2. The van der Waals surface area contributed by atoms with E-state index >= 15 is 0 Å². The zero-order valence-corrected chi connectivity index (χ0v) is 17.2. The van der Waals surface area contributed by atoms with E-state index in [1.54, 1.807) is 53.1 Å². The van der Waals surface area contributed by atoms with Crippen LogP contribution in [0.25, 0.3) is 11.4 Å². The van der Waals surface area contributed by atoms with Gasteiger partial charge in [0.1, 0.15) is 11.5 Å². The highest BCUT2D eigenvalue weighted by atomic mass is 35.5. The largest absolute Gasteiger partial charge is 0.507 e. The first-order valence-corrected chi connectivity index (χ1v) is 9.98. The van der Waals surface area contributed by atoms with Crippen LogP contribution < -0.4 is 10.1 Å². The molecule has 0 atom stereocenters. The summed E-state index contributed by atoms with van der Waals surface area (Å²) >= 11 is 7.22. The number of thioether (sulfide) groups is 1. The Hall–Kier alpha value is -2.97. The molecular formula is C20H19ClN4O3S. The fraction of sp³-hybridized carbons (Fsp3) is 0.150. The molecular weight excluding hydrogens is 412 g/mol. The number of carbonyl (C=O) groups excluding carboxylic acids is 1. The van der Waals surface area contributed by atoms with Crippen LogP contribution in [0.4, 0.5) is 5.69 Å². The molecule has 9 heteroatoms. The Morgan fingerprint density at radius 3 is 2.86 bits per heavy atom. The Labute approximate surface area is 177 Å². The third-order valence-electron chi connectivity index (χ3n) is 3.94. The zero-order chi connectivity index (χ0) is 20.8. The van der Waals surface area contributed by atoms with Crippen molar-refractivity contribution in [2.24, 2.45) is 0 Å². The molecule has 1 heterocycles. The summed E-state index contributed by atoms with van der Waals surface area (Å²) in [6.07, 6.45) is 1.70.